The van der Waals surface area contributed by atoms with Gasteiger partial charge in [-0.15, -0.1) is 5.10 Å². The Morgan fingerprint density at radius 2 is 2.25 bits per heavy atom. The molecule has 0 radical (unpaired) electrons. The van der Waals surface area contributed by atoms with Crippen molar-refractivity contribution in [3.05, 3.63) is 17.5 Å². The van der Waals surface area contributed by atoms with Crippen LogP contribution >= 0.6 is 11.5 Å². The van der Waals surface area contributed by atoms with Crippen molar-refractivity contribution in [3.8, 4) is 10.6 Å². The molecule has 2 aromatic heterocycles. The fourth-order valence-electron chi connectivity index (χ4n) is 0.928. The van der Waals surface area contributed by atoms with Gasteiger partial charge in [0.25, 0.3) is 0 Å². The van der Waals surface area contributed by atoms with E-state index in [0.717, 1.165) is 22.0 Å². The zero-order valence-electron chi connectivity index (χ0n) is 6.74. The normalized spacial score (nSPS) is 10.5. The zero-order chi connectivity index (χ0) is 8.55. The van der Waals surface area contributed by atoms with Crippen LogP contribution in [-0.4, -0.2) is 14.7 Å². The molecule has 0 atom stereocenters. The quantitative estimate of drug-likeness (QED) is 0.673. The van der Waals surface area contributed by atoms with E-state index in [2.05, 4.69) is 14.7 Å². The largest absolute Gasteiger partial charge is 0.355 e. The van der Waals surface area contributed by atoms with Gasteiger partial charge in [0.15, 0.2) is 5.76 Å². The summed E-state index contributed by atoms with van der Waals surface area (Å²) in [5.41, 5.74) is 1.76. The second-order valence-corrected chi connectivity index (χ2v) is 3.27. The molecule has 0 amide bonds. The lowest BCUT2D eigenvalue weighted by molar-refractivity contribution is 0.427. The van der Waals surface area contributed by atoms with Crippen LogP contribution in [0.2, 0.25) is 0 Å². The molecule has 0 fully saturated rings. The van der Waals surface area contributed by atoms with Crippen molar-refractivity contribution < 1.29 is 4.52 Å². The van der Waals surface area contributed by atoms with Crippen molar-refractivity contribution in [3.63, 3.8) is 0 Å². The first-order valence-corrected chi connectivity index (χ1v) is 4.27. The molecule has 0 aliphatic carbocycles. The van der Waals surface area contributed by atoms with Crippen molar-refractivity contribution >= 4 is 11.5 Å². The Kier molecular flexibility index (Phi) is 1.65. The summed E-state index contributed by atoms with van der Waals surface area (Å²) in [6.45, 7) is 3.79. The average Bonchev–Trinajstić information content (AvgIpc) is 2.58. The van der Waals surface area contributed by atoms with E-state index in [4.69, 9.17) is 4.52 Å². The molecule has 12 heavy (non-hydrogen) atoms. The molecule has 0 aliphatic rings. The third kappa shape index (κ3) is 1.12. The standard InChI is InChI=1S/C7H7N3OS/c1-4-3-6(11-9-4)7-5(2)8-10-12-7/h3H,1-2H3. The van der Waals surface area contributed by atoms with Gasteiger partial charge in [-0.05, 0) is 25.4 Å². The molecule has 0 saturated carbocycles. The maximum absolute atomic E-state index is 5.07. The number of aryl methyl sites for hydroxylation is 2. The van der Waals surface area contributed by atoms with Crippen LogP contribution in [0.4, 0.5) is 0 Å². The first kappa shape index (κ1) is 7.42. The highest BCUT2D eigenvalue weighted by Crippen LogP contribution is 2.25. The highest BCUT2D eigenvalue weighted by Gasteiger charge is 2.10. The van der Waals surface area contributed by atoms with Gasteiger partial charge in [0.1, 0.15) is 4.88 Å². The van der Waals surface area contributed by atoms with Gasteiger partial charge in [0.2, 0.25) is 0 Å². The fraction of sp³-hybridized carbons (Fsp3) is 0.286. The van der Waals surface area contributed by atoms with E-state index >= 15 is 0 Å². The van der Waals surface area contributed by atoms with Gasteiger partial charge in [-0.25, -0.2) is 0 Å². The van der Waals surface area contributed by atoms with Gasteiger partial charge in [-0.1, -0.05) is 9.64 Å². The summed E-state index contributed by atoms with van der Waals surface area (Å²) in [4.78, 5) is 0.954. The highest BCUT2D eigenvalue weighted by atomic mass is 32.1. The van der Waals surface area contributed by atoms with E-state index in [-0.39, 0.29) is 0 Å². The Bertz CT molecular complexity index is 393. The predicted octanol–water partition coefficient (Wildman–Crippen LogP) is 1.81. The minimum absolute atomic E-state index is 0.750. The molecule has 0 saturated heterocycles. The molecule has 0 bridgehead atoms. The van der Waals surface area contributed by atoms with E-state index in [0.29, 0.717) is 0 Å². The Balaban J connectivity index is 2.50. The second-order valence-electron chi connectivity index (χ2n) is 2.52. The van der Waals surface area contributed by atoms with E-state index in [1.807, 2.05) is 19.9 Å². The topological polar surface area (TPSA) is 51.8 Å². The maximum Gasteiger partial charge on any atom is 0.180 e. The molecule has 2 heterocycles. The monoisotopic (exact) mass is 181 g/mol. The minimum atomic E-state index is 0.750. The number of hydrogen-bond donors (Lipinski definition) is 0. The van der Waals surface area contributed by atoms with Crippen LogP contribution in [0.15, 0.2) is 10.6 Å². The van der Waals surface area contributed by atoms with Crippen molar-refractivity contribution in [1.82, 2.24) is 14.7 Å². The number of nitrogens with zero attached hydrogens (tertiary/aromatic N) is 3. The summed E-state index contributed by atoms with van der Waals surface area (Å²) in [5, 5.41) is 7.67. The lowest BCUT2D eigenvalue weighted by atomic mass is 10.3. The molecule has 2 aromatic rings. The molecule has 0 N–H and O–H groups in total. The molecule has 0 spiro atoms. The van der Waals surface area contributed by atoms with Gasteiger partial charge in [-0.3, -0.25) is 0 Å². The van der Waals surface area contributed by atoms with E-state index in [1.165, 1.54) is 11.5 Å². The van der Waals surface area contributed by atoms with E-state index in [1.54, 1.807) is 0 Å². The van der Waals surface area contributed by atoms with Gasteiger partial charge in [0.05, 0.1) is 11.4 Å². The van der Waals surface area contributed by atoms with Gasteiger partial charge < -0.3 is 4.52 Å². The number of hydrogen-bond acceptors (Lipinski definition) is 5. The van der Waals surface area contributed by atoms with Crippen molar-refractivity contribution in [2.24, 2.45) is 0 Å². The fourth-order valence-corrected chi connectivity index (χ4v) is 1.53. The van der Waals surface area contributed by atoms with Crippen LogP contribution in [0.1, 0.15) is 11.4 Å². The van der Waals surface area contributed by atoms with Crippen LogP contribution in [0.25, 0.3) is 10.6 Å². The zero-order valence-corrected chi connectivity index (χ0v) is 7.55. The summed E-state index contributed by atoms with van der Waals surface area (Å²) < 4.78 is 8.88. The molecule has 2 rings (SSSR count). The van der Waals surface area contributed by atoms with Crippen LogP contribution in [-0.2, 0) is 0 Å². The van der Waals surface area contributed by atoms with Gasteiger partial charge in [-0.2, -0.15) is 0 Å². The highest BCUT2D eigenvalue weighted by molar-refractivity contribution is 7.09. The van der Waals surface area contributed by atoms with Crippen LogP contribution in [0.3, 0.4) is 0 Å². The van der Waals surface area contributed by atoms with E-state index < -0.39 is 0 Å². The van der Waals surface area contributed by atoms with Crippen LogP contribution < -0.4 is 0 Å². The summed E-state index contributed by atoms with van der Waals surface area (Å²) in [7, 11) is 0. The molecule has 0 aromatic carbocycles. The maximum atomic E-state index is 5.07. The third-order valence-corrected chi connectivity index (χ3v) is 2.35. The summed E-state index contributed by atoms with van der Waals surface area (Å²) in [6, 6.07) is 1.88. The SMILES string of the molecule is Cc1cc(-c2snnc2C)on1. The summed E-state index contributed by atoms with van der Waals surface area (Å²) in [6.07, 6.45) is 0. The predicted molar refractivity (Wildman–Crippen MR) is 44.9 cm³/mol. The molecule has 0 unspecified atom stereocenters. The Morgan fingerprint density at radius 3 is 2.75 bits per heavy atom. The molecular weight excluding hydrogens is 174 g/mol. The molecule has 62 valence electrons. The summed E-state index contributed by atoms with van der Waals surface area (Å²) >= 11 is 1.32. The molecule has 4 nitrogen and oxygen atoms in total. The van der Waals surface area contributed by atoms with Crippen molar-refractivity contribution in [2.75, 3.05) is 0 Å². The number of aromatic nitrogens is 3. The van der Waals surface area contributed by atoms with Gasteiger partial charge in [0, 0.05) is 6.07 Å². The Labute approximate surface area is 73.4 Å². The third-order valence-electron chi connectivity index (χ3n) is 1.50. The average molecular weight is 181 g/mol. The Hall–Kier alpha value is -1.23. The van der Waals surface area contributed by atoms with Gasteiger partial charge >= 0.3 is 0 Å². The first-order chi connectivity index (χ1) is 5.77. The lowest BCUT2D eigenvalue weighted by Gasteiger charge is -1.85. The minimum Gasteiger partial charge on any atom is -0.355 e. The smallest absolute Gasteiger partial charge is 0.180 e. The summed E-state index contributed by atoms with van der Waals surface area (Å²) in [5.74, 6) is 0.750. The molecule has 5 heteroatoms. The van der Waals surface area contributed by atoms with Crippen LogP contribution in [0.5, 0.6) is 0 Å². The van der Waals surface area contributed by atoms with Crippen molar-refractivity contribution in [2.45, 2.75) is 13.8 Å². The first-order valence-electron chi connectivity index (χ1n) is 3.50. The van der Waals surface area contributed by atoms with E-state index in [9.17, 15) is 0 Å². The molecular formula is C7H7N3OS. The van der Waals surface area contributed by atoms with Crippen LogP contribution in [0, 0.1) is 13.8 Å². The van der Waals surface area contributed by atoms with Crippen molar-refractivity contribution in [1.29, 1.82) is 0 Å². The number of rotatable bonds is 1. The lowest BCUT2D eigenvalue weighted by Crippen LogP contribution is -1.73. The molecule has 0 aliphatic heterocycles. The second kappa shape index (κ2) is 2.67. The Morgan fingerprint density at radius 1 is 1.42 bits per heavy atom.